The number of halogens is 1. The van der Waals surface area contributed by atoms with Crippen molar-refractivity contribution in [3.8, 4) is 0 Å². The van der Waals surface area contributed by atoms with Crippen molar-refractivity contribution in [1.82, 2.24) is 0 Å². The molecule has 0 radical (unpaired) electrons. The highest BCUT2D eigenvalue weighted by Gasteiger charge is 2.18. The summed E-state index contributed by atoms with van der Waals surface area (Å²) in [5.41, 5.74) is 0. The van der Waals surface area contributed by atoms with Crippen molar-refractivity contribution in [2.45, 2.75) is 45.8 Å². The number of hydrogen-bond acceptors (Lipinski definition) is 4. The van der Waals surface area contributed by atoms with E-state index >= 15 is 0 Å². The Hall–Kier alpha value is 0.360. The standard InChI is InChI=1S/C10H22ClO5P/c1-3-5-7-14-10(15-8-6-4-2)9-16-17(11,12)13/h10H,3-9H2,1-2H3,(H,12,13). The SMILES string of the molecule is CCCCOC(COP(=O)(O)Cl)OCCCC. The first-order valence-electron chi connectivity index (χ1n) is 5.89. The van der Waals surface area contributed by atoms with Crippen molar-refractivity contribution in [3.63, 3.8) is 0 Å². The summed E-state index contributed by atoms with van der Waals surface area (Å²) >= 11 is 5.08. The average Bonchev–Trinajstić information content (AvgIpc) is 2.24. The van der Waals surface area contributed by atoms with Crippen LogP contribution in [-0.4, -0.2) is 31.0 Å². The Morgan fingerprint density at radius 2 is 1.65 bits per heavy atom. The normalized spacial score (nSPS) is 15.1. The highest BCUT2D eigenvalue weighted by atomic mass is 35.7. The molecule has 1 N–H and O–H groups in total. The minimum atomic E-state index is -3.99. The third-order valence-electron chi connectivity index (χ3n) is 1.97. The second-order valence-corrected chi connectivity index (χ2v) is 6.07. The van der Waals surface area contributed by atoms with E-state index in [1.165, 1.54) is 0 Å². The third kappa shape index (κ3) is 12.6. The van der Waals surface area contributed by atoms with Crippen LogP contribution in [0, 0.1) is 0 Å². The minimum Gasteiger partial charge on any atom is -0.350 e. The van der Waals surface area contributed by atoms with Gasteiger partial charge in [0.15, 0.2) is 6.29 Å². The molecule has 7 heteroatoms. The summed E-state index contributed by atoms with van der Waals surface area (Å²) in [4.78, 5) is 8.80. The Morgan fingerprint density at radius 1 is 1.18 bits per heavy atom. The molecular formula is C10H22ClO5P. The van der Waals surface area contributed by atoms with Gasteiger partial charge in [-0.1, -0.05) is 26.7 Å². The molecule has 5 nitrogen and oxygen atoms in total. The summed E-state index contributed by atoms with van der Waals surface area (Å²) in [6.45, 7) is 1.05. The fourth-order valence-corrected chi connectivity index (χ4v) is 1.49. The second kappa shape index (κ2) is 10.3. The van der Waals surface area contributed by atoms with Crippen LogP contribution in [0.25, 0.3) is 0 Å². The van der Waals surface area contributed by atoms with Crippen LogP contribution in [0.5, 0.6) is 0 Å². The van der Waals surface area contributed by atoms with Crippen molar-refractivity contribution < 1.29 is 23.5 Å². The quantitative estimate of drug-likeness (QED) is 0.359. The molecule has 0 aliphatic carbocycles. The number of rotatable bonds is 11. The van der Waals surface area contributed by atoms with Crippen LogP contribution in [0.1, 0.15) is 39.5 Å². The Labute approximate surface area is 108 Å². The lowest BCUT2D eigenvalue weighted by Gasteiger charge is -2.18. The molecule has 0 amide bonds. The smallest absolute Gasteiger partial charge is 0.350 e. The van der Waals surface area contributed by atoms with Gasteiger partial charge in [0.05, 0.1) is 0 Å². The van der Waals surface area contributed by atoms with Gasteiger partial charge in [0, 0.05) is 24.5 Å². The van der Waals surface area contributed by atoms with Crippen LogP contribution in [0.3, 0.4) is 0 Å². The van der Waals surface area contributed by atoms with Crippen LogP contribution in [0.4, 0.5) is 0 Å². The Bertz CT molecular complexity index is 211. The van der Waals surface area contributed by atoms with Gasteiger partial charge in [0.2, 0.25) is 0 Å². The van der Waals surface area contributed by atoms with Crippen LogP contribution in [0.15, 0.2) is 0 Å². The first-order chi connectivity index (χ1) is 7.99. The van der Waals surface area contributed by atoms with E-state index in [0.717, 1.165) is 25.7 Å². The van der Waals surface area contributed by atoms with E-state index < -0.39 is 13.2 Å². The predicted molar refractivity (Wildman–Crippen MR) is 67.1 cm³/mol. The molecule has 0 saturated carbocycles. The molecule has 0 spiro atoms. The number of ether oxygens (including phenoxy) is 2. The van der Waals surface area contributed by atoms with E-state index in [-0.39, 0.29) is 6.61 Å². The minimum absolute atomic E-state index is 0.134. The number of hydrogen-bond donors (Lipinski definition) is 1. The monoisotopic (exact) mass is 288 g/mol. The fourth-order valence-electron chi connectivity index (χ4n) is 1.02. The largest absolute Gasteiger partial charge is 0.421 e. The van der Waals surface area contributed by atoms with Crippen LogP contribution < -0.4 is 0 Å². The molecule has 0 aromatic rings. The highest BCUT2D eigenvalue weighted by molar-refractivity contribution is 7.80. The summed E-state index contributed by atoms with van der Waals surface area (Å²) in [6.07, 6.45) is 3.20. The van der Waals surface area contributed by atoms with E-state index in [9.17, 15) is 4.57 Å². The van der Waals surface area contributed by atoms with E-state index in [1.54, 1.807) is 0 Å². The van der Waals surface area contributed by atoms with Gasteiger partial charge in [0.25, 0.3) is 0 Å². The van der Waals surface area contributed by atoms with Crippen molar-refractivity contribution in [3.05, 3.63) is 0 Å². The maximum atomic E-state index is 10.8. The molecule has 0 fully saturated rings. The van der Waals surface area contributed by atoms with Gasteiger partial charge in [-0.05, 0) is 12.8 Å². The molecule has 0 heterocycles. The fraction of sp³-hybridized carbons (Fsp3) is 1.00. The van der Waals surface area contributed by atoms with Gasteiger partial charge in [0.1, 0.15) is 6.61 Å². The first-order valence-corrected chi connectivity index (χ1v) is 8.38. The lowest BCUT2D eigenvalue weighted by atomic mass is 10.3. The summed E-state index contributed by atoms with van der Waals surface area (Å²) in [5.74, 6) is 0. The van der Waals surface area contributed by atoms with E-state index in [1.807, 2.05) is 13.8 Å². The summed E-state index contributed by atoms with van der Waals surface area (Å²) in [6, 6.07) is 0. The molecule has 17 heavy (non-hydrogen) atoms. The summed E-state index contributed by atoms with van der Waals surface area (Å²) in [7, 11) is 0. The highest BCUT2D eigenvalue weighted by Crippen LogP contribution is 2.47. The van der Waals surface area contributed by atoms with Crippen molar-refractivity contribution >= 4 is 18.2 Å². The van der Waals surface area contributed by atoms with Crippen molar-refractivity contribution in [2.75, 3.05) is 19.8 Å². The van der Waals surface area contributed by atoms with Gasteiger partial charge in [-0.15, -0.1) is 0 Å². The van der Waals surface area contributed by atoms with Crippen LogP contribution >= 0.6 is 18.2 Å². The molecule has 1 unspecified atom stereocenters. The molecule has 1 atom stereocenters. The number of unbranched alkanes of at least 4 members (excludes halogenated alkanes) is 2. The van der Waals surface area contributed by atoms with Gasteiger partial charge in [-0.3, -0.25) is 4.52 Å². The van der Waals surface area contributed by atoms with Gasteiger partial charge < -0.3 is 14.4 Å². The molecule has 0 aliphatic heterocycles. The molecular weight excluding hydrogens is 267 g/mol. The molecule has 0 aliphatic rings. The molecule has 0 aromatic carbocycles. The van der Waals surface area contributed by atoms with Crippen molar-refractivity contribution in [2.24, 2.45) is 0 Å². The molecule has 0 aromatic heterocycles. The third-order valence-corrected chi connectivity index (χ3v) is 2.73. The van der Waals surface area contributed by atoms with Crippen LogP contribution in [-0.2, 0) is 18.6 Å². The van der Waals surface area contributed by atoms with Gasteiger partial charge >= 0.3 is 6.95 Å². The predicted octanol–water partition coefficient (Wildman–Crippen LogP) is 3.30. The molecule has 0 saturated heterocycles. The summed E-state index contributed by atoms with van der Waals surface area (Å²) < 4.78 is 26.1. The maximum Gasteiger partial charge on any atom is 0.421 e. The van der Waals surface area contributed by atoms with Gasteiger partial charge in [-0.25, -0.2) is 4.57 Å². The molecule has 0 rings (SSSR count). The van der Waals surface area contributed by atoms with Crippen molar-refractivity contribution in [1.29, 1.82) is 0 Å². The Morgan fingerprint density at radius 3 is 2.00 bits per heavy atom. The zero-order chi connectivity index (χ0) is 13.1. The van der Waals surface area contributed by atoms with Crippen LogP contribution in [0.2, 0.25) is 0 Å². The Kier molecular flexibility index (Phi) is 10.5. The first kappa shape index (κ1) is 17.4. The Balaban J connectivity index is 3.87. The van der Waals surface area contributed by atoms with E-state index in [0.29, 0.717) is 13.2 Å². The lowest BCUT2D eigenvalue weighted by molar-refractivity contribution is -0.159. The summed E-state index contributed by atoms with van der Waals surface area (Å²) in [5, 5.41) is 0. The molecule has 104 valence electrons. The van der Waals surface area contributed by atoms with Gasteiger partial charge in [-0.2, -0.15) is 0 Å². The zero-order valence-corrected chi connectivity index (χ0v) is 12.1. The topological polar surface area (TPSA) is 65.0 Å². The van der Waals surface area contributed by atoms with E-state index in [2.05, 4.69) is 4.52 Å². The zero-order valence-electron chi connectivity index (χ0n) is 10.4. The average molecular weight is 289 g/mol. The second-order valence-electron chi connectivity index (χ2n) is 3.63. The molecule has 0 bridgehead atoms. The lowest BCUT2D eigenvalue weighted by Crippen LogP contribution is -2.23. The van der Waals surface area contributed by atoms with E-state index in [4.69, 9.17) is 25.6 Å². The maximum absolute atomic E-state index is 10.8.